The van der Waals surface area contributed by atoms with E-state index in [2.05, 4.69) is 0 Å². The first-order chi connectivity index (χ1) is 15.6. The monoisotopic (exact) mass is 486 g/mol. The summed E-state index contributed by atoms with van der Waals surface area (Å²) in [6, 6.07) is 22.4. The van der Waals surface area contributed by atoms with Crippen LogP contribution in [0.2, 0.25) is 5.02 Å². The third-order valence-electron chi connectivity index (χ3n) is 4.86. The van der Waals surface area contributed by atoms with Gasteiger partial charge in [-0.05, 0) is 36.2 Å². The fraction of sp³-hybridized carbons (Fsp3) is 0.167. The van der Waals surface area contributed by atoms with Crippen LogP contribution in [0.1, 0.15) is 28.4 Å². The van der Waals surface area contributed by atoms with Gasteiger partial charge in [0, 0.05) is 13.1 Å². The summed E-state index contributed by atoms with van der Waals surface area (Å²) < 4.78 is 28.6. The van der Waals surface area contributed by atoms with Crippen molar-refractivity contribution < 1.29 is 22.7 Å². The van der Waals surface area contributed by atoms with Crippen LogP contribution in [0.4, 0.5) is 0 Å². The molecule has 0 aliphatic rings. The third kappa shape index (κ3) is 6.64. The molecule has 0 aromatic heterocycles. The molecule has 0 bridgehead atoms. The highest BCUT2D eigenvalue weighted by Crippen LogP contribution is 2.22. The molecular formula is C24H23ClN2O5S. The van der Waals surface area contributed by atoms with Crippen LogP contribution in [0.25, 0.3) is 0 Å². The van der Waals surface area contributed by atoms with Gasteiger partial charge in [-0.1, -0.05) is 72.3 Å². The smallest absolute Gasteiger partial charge is 0.340 e. The summed E-state index contributed by atoms with van der Waals surface area (Å²) in [7, 11) is -4.04. The third-order valence-corrected chi connectivity index (χ3v) is 6.10. The lowest BCUT2D eigenvalue weighted by molar-refractivity contribution is -0.141. The van der Waals surface area contributed by atoms with Gasteiger partial charge in [0.1, 0.15) is 0 Å². The highest BCUT2D eigenvalue weighted by Gasteiger charge is 2.26. The van der Waals surface area contributed by atoms with Crippen molar-refractivity contribution in [2.75, 3.05) is 0 Å². The van der Waals surface area contributed by atoms with Crippen LogP contribution in [0, 0.1) is 0 Å². The summed E-state index contributed by atoms with van der Waals surface area (Å²) in [6.45, 7) is 2.09. The molecule has 172 valence electrons. The molecule has 9 heteroatoms. The number of sulfonamides is 1. The first kappa shape index (κ1) is 24.4. The van der Waals surface area contributed by atoms with Gasteiger partial charge in [-0.25, -0.2) is 18.4 Å². The van der Waals surface area contributed by atoms with Crippen LogP contribution in [0.3, 0.4) is 0 Å². The number of rotatable bonds is 8. The van der Waals surface area contributed by atoms with Gasteiger partial charge in [-0.3, -0.25) is 4.79 Å². The standard InChI is InChI=1S/C24H23ClN2O5S/c1-17(32-24(29)21-14-20(33(26,30)31)12-13-22(21)25)23(28)27(15-18-8-4-2-5-9-18)16-19-10-6-3-7-11-19/h2-14,17H,15-16H2,1H3,(H2,26,30,31). The Morgan fingerprint density at radius 1 is 0.939 bits per heavy atom. The van der Waals surface area contributed by atoms with Crippen molar-refractivity contribution in [3.05, 3.63) is 101 Å². The van der Waals surface area contributed by atoms with E-state index in [0.29, 0.717) is 13.1 Å². The number of halogens is 1. The second-order valence-electron chi connectivity index (χ2n) is 7.40. The normalized spacial score (nSPS) is 12.1. The molecule has 3 aromatic carbocycles. The summed E-state index contributed by atoms with van der Waals surface area (Å²) in [5.41, 5.74) is 1.65. The predicted octanol–water partition coefficient (Wildman–Crippen LogP) is 3.76. The minimum absolute atomic E-state index is 0.0162. The number of hydrogen-bond donors (Lipinski definition) is 1. The summed E-state index contributed by atoms with van der Waals surface area (Å²) in [6.07, 6.45) is -1.14. The van der Waals surface area contributed by atoms with Crippen LogP contribution in [0.15, 0.2) is 83.8 Å². The van der Waals surface area contributed by atoms with Gasteiger partial charge in [0.2, 0.25) is 10.0 Å². The van der Waals surface area contributed by atoms with Crippen molar-refractivity contribution in [1.29, 1.82) is 0 Å². The zero-order chi connectivity index (χ0) is 24.0. The Morgan fingerprint density at radius 3 is 1.94 bits per heavy atom. The van der Waals surface area contributed by atoms with Crippen LogP contribution < -0.4 is 5.14 Å². The highest BCUT2D eigenvalue weighted by molar-refractivity contribution is 7.89. The molecule has 0 aliphatic carbocycles. The number of carbonyl (C=O) groups excluding carboxylic acids is 2. The molecule has 7 nitrogen and oxygen atoms in total. The number of esters is 1. The second-order valence-corrected chi connectivity index (χ2v) is 9.37. The fourth-order valence-corrected chi connectivity index (χ4v) is 3.92. The van der Waals surface area contributed by atoms with E-state index >= 15 is 0 Å². The lowest BCUT2D eigenvalue weighted by Crippen LogP contribution is -2.39. The number of hydrogen-bond acceptors (Lipinski definition) is 5. The molecule has 2 N–H and O–H groups in total. The van der Waals surface area contributed by atoms with E-state index in [1.165, 1.54) is 19.1 Å². The largest absolute Gasteiger partial charge is 0.449 e. The molecule has 1 unspecified atom stereocenters. The van der Waals surface area contributed by atoms with E-state index in [0.717, 1.165) is 17.2 Å². The lowest BCUT2D eigenvalue weighted by Gasteiger charge is -2.26. The Morgan fingerprint density at radius 2 is 1.45 bits per heavy atom. The maximum absolute atomic E-state index is 13.2. The number of nitrogens with zero attached hydrogens (tertiary/aromatic N) is 1. The molecule has 3 rings (SSSR count). The molecule has 3 aromatic rings. The van der Waals surface area contributed by atoms with Gasteiger partial charge in [-0.2, -0.15) is 0 Å². The van der Waals surface area contributed by atoms with E-state index in [9.17, 15) is 18.0 Å². The number of amides is 1. The summed E-state index contributed by atoms with van der Waals surface area (Å²) in [5.74, 6) is -1.33. The van der Waals surface area contributed by atoms with Crippen LogP contribution in [-0.2, 0) is 32.6 Å². The quantitative estimate of drug-likeness (QED) is 0.488. The van der Waals surface area contributed by atoms with Crippen molar-refractivity contribution in [1.82, 2.24) is 4.90 Å². The average Bonchev–Trinajstić information content (AvgIpc) is 2.79. The first-order valence-corrected chi connectivity index (χ1v) is 12.0. The predicted molar refractivity (Wildman–Crippen MR) is 125 cm³/mol. The molecule has 1 amide bonds. The van der Waals surface area contributed by atoms with Gasteiger partial charge >= 0.3 is 5.97 Å². The fourth-order valence-electron chi connectivity index (χ4n) is 3.19. The second kappa shape index (κ2) is 10.6. The molecule has 1 atom stereocenters. The highest BCUT2D eigenvalue weighted by atomic mass is 35.5. The maximum atomic E-state index is 13.2. The number of carbonyl (C=O) groups is 2. The minimum atomic E-state index is -4.04. The first-order valence-electron chi connectivity index (χ1n) is 10.0. The van der Waals surface area contributed by atoms with E-state index < -0.39 is 28.0 Å². The molecule has 0 spiro atoms. The molecule has 0 radical (unpaired) electrons. The zero-order valence-corrected chi connectivity index (χ0v) is 19.4. The van der Waals surface area contributed by atoms with Gasteiger partial charge in [-0.15, -0.1) is 0 Å². The average molecular weight is 487 g/mol. The van der Waals surface area contributed by atoms with Crippen molar-refractivity contribution in [3.8, 4) is 0 Å². The SMILES string of the molecule is CC(OC(=O)c1cc(S(N)(=O)=O)ccc1Cl)C(=O)N(Cc1ccccc1)Cc1ccccc1. The van der Waals surface area contributed by atoms with Gasteiger partial charge in [0.05, 0.1) is 15.5 Å². The molecule has 0 saturated heterocycles. The Kier molecular flexibility index (Phi) is 7.86. The van der Waals surface area contributed by atoms with Crippen molar-refractivity contribution >= 4 is 33.5 Å². The molecular weight excluding hydrogens is 464 g/mol. The van der Waals surface area contributed by atoms with Crippen molar-refractivity contribution in [3.63, 3.8) is 0 Å². The van der Waals surface area contributed by atoms with Gasteiger partial charge < -0.3 is 9.64 Å². The van der Waals surface area contributed by atoms with E-state index in [1.54, 1.807) is 4.90 Å². The van der Waals surface area contributed by atoms with Crippen LogP contribution in [0.5, 0.6) is 0 Å². The van der Waals surface area contributed by atoms with E-state index in [1.807, 2.05) is 60.7 Å². The molecule has 0 saturated carbocycles. The molecule has 0 heterocycles. The number of nitrogens with two attached hydrogens (primary N) is 1. The minimum Gasteiger partial charge on any atom is -0.449 e. The Labute approximate surface area is 197 Å². The van der Waals surface area contributed by atoms with Crippen LogP contribution in [-0.4, -0.2) is 31.3 Å². The Bertz CT molecular complexity index is 1190. The lowest BCUT2D eigenvalue weighted by atomic mass is 10.1. The Hall–Kier alpha value is -3.20. The van der Waals surface area contributed by atoms with Crippen molar-refractivity contribution in [2.24, 2.45) is 5.14 Å². The molecule has 0 fully saturated rings. The van der Waals surface area contributed by atoms with Gasteiger partial charge in [0.15, 0.2) is 6.10 Å². The molecule has 33 heavy (non-hydrogen) atoms. The summed E-state index contributed by atoms with van der Waals surface area (Å²) >= 11 is 6.05. The van der Waals surface area contributed by atoms with Gasteiger partial charge in [0.25, 0.3) is 5.91 Å². The molecule has 0 aliphatic heterocycles. The summed E-state index contributed by atoms with van der Waals surface area (Å²) in [4.78, 5) is 27.2. The Balaban J connectivity index is 1.80. The van der Waals surface area contributed by atoms with E-state index in [-0.39, 0.29) is 15.5 Å². The number of ether oxygens (including phenoxy) is 1. The number of benzene rings is 3. The maximum Gasteiger partial charge on any atom is 0.340 e. The topological polar surface area (TPSA) is 107 Å². The van der Waals surface area contributed by atoms with Crippen molar-refractivity contribution in [2.45, 2.75) is 31.0 Å². The van der Waals surface area contributed by atoms with E-state index in [4.69, 9.17) is 21.5 Å². The summed E-state index contributed by atoms with van der Waals surface area (Å²) in [5, 5.41) is 5.11. The zero-order valence-electron chi connectivity index (χ0n) is 17.8. The number of primary sulfonamides is 1. The van der Waals surface area contributed by atoms with Crippen LogP contribution >= 0.6 is 11.6 Å².